The minimum atomic E-state index is -3.69. The van der Waals surface area contributed by atoms with E-state index >= 15 is 0 Å². The van der Waals surface area contributed by atoms with Crippen LogP contribution in [0.15, 0.2) is 17.0 Å². The fourth-order valence-electron chi connectivity index (χ4n) is 1.86. The van der Waals surface area contributed by atoms with Crippen LogP contribution in [0.3, 0.4) is 0 Å². The largest absolute Gasteiger partial charge is 0.399 e. The van der Waals surface area contributed by atoms with Crippen molar-refractivity contribution < 1.29 is 12.8 Å². The van der Waals surface area contributed by atoms with Crippen molar-refractivity contribution in [3.63, 3.8) is 0 Å². The summed E-state index contributed by atoms with van der Waals surface area (Å²) in [6, 6.07) is 2.46. The van der Waals surface area contributed by atoms with Gasteiger partial charge in [0.2, 0.25) is 10.0 Å². The van der Waals surface area contributed by atoms with E-state index in [1.807, 2.05) is 6.92 Å². The number of nitrogens with zero attached hydrogens (tertiary/aromatic N) is 1. The molecule has 0 atom stereocenters. The Balaban J connectivity index is 3.25. The van der Waals surface area contributed by atoms with Crippen molar-refractivity contribution in [3.8, 4) is 0 Å². The number of anilines is 1. The van der Waals surface area contributed by atoms with Crippen LogP contribution in [0.2, 0.25) is 0 Å². The molecule has 0 saturated carbocycles. The summed E-state index contributed by atoms with van der Waals surface area (Å²) in [5.41, 5.74) is 5.78. The molecule has 1 rings (SSSR count). The summed E-state index contributed by atoms with van der Waals surface area (Å²) in [6.45, 7) is 6.01. The molecule has 4 nitrogen and oxygen atoms in total. The van der Waals surface area contributed by atoms with Crippen molar-refractivity contribution in [2.24, 2.45) is 0 Å². The van der Waals surface area contributed by atoms with Gasteiger partial charge in [-0.05, 0) is 25.5 Å². The molecule has 0 aromatic heterocycles. The standard InChI is InChI=1S/C13H21FN2O2S/c1-4-6-7-16(5-2)19(17,18)13-9-11(15)8-12(14)10(13)3/h8-9H,4-7,15H2,1-3H3. The first-order valence-corrected chi connectivity index (χ1v) is 7.84. The van der Waals surface area contributed by atoms with Gasteiger partial charge >= 0.3 is 0 Å². The highest BCUT2D eigenvalue weighted by molar-refractivity contribution is 7.89. The molecule has 0 radical (unpaired) electrons. The average molecular weight is 288 g/mol. The number of rotatable bonds is 6. The summed E-state index contributed by atoms with van der Waals surface area (Å²) in [4.78, 5) is -0.0389. The first kappa shape index (κ1) is 15.9. The molecular formula is C13H21FN2O2S. The van der Waals surface area contributed by atoms with Gasteiger partial charge in [0, 0.05) is 24.3 Å². The van der Waals surface area contributed by atoms with Gasteiger partial charge < -0.3 is 5.73 Å². The van der Waals surface area contributed by atoms with Gasteiger partial charge in [-0.3, -0.25) is 0 Å². The third-order valence-electron chi connectivity index (χ3n) is 3.05. The van der Waals surface area contributed by atoms with Crippen LogP contribution in [0.4, 0.5) is 10.1 Å². The third-order valence-corrected chi connectivity index (χ3v) is 5.15. The van der Waals surface area contributed by atoms with Crippen LogP contribution in [0, 0.1) is 12.7 Å². The molecule has 2 N–H and O–H groups in total. The lowest BCUT2D eigenvalue weighted by Gasteiger charge is -2.21. The minimum absolute atomic E-state index is 0.0389. The summed E-state index contributed by atoms with van der Waals surface area (Å²) >= 11 is 0. The third kappa shape index (κ3) is 3.45. The Bertz CT molecular complexity index is 544. The predicted octanol–water partition coefficient (Wildman–Crippen LogP) is 2.53. The van der Waals surface area contributed by atoms with Crippen LogP contribution >= 0.6 is 0 Å². The molecule has 0 heterocycles. The maximum atomic E-state index is 13.6. The van der Waals surface area contributed by atoms with E-state index < -0.39 is 15.8 Å². The molecule has 0 spiro atoms. The Morgan fingerprint density at radius 2 is 1.95 bits per heavy atom. The molecule has 0 saturated heterocycles. The molecule has 0 unspecified atom stereocenters. The summed E-state index contributed by atoms with van der Waals surface area (Å²) in [6.07, 6.45) is 1.67. The van der Waals surface area contributed by atoms with Crippen molar-refractivity contribution in [1.29, 1.82) is 0 Å². The Hall–Kier alpha value is -1.14. The number of hydrogen-bond acceptors (Lipinski definition) is 3. The normalized spacial score (nSPS) is 12.1. The van der Waals surface area contributed by atoms with Gasteiger partial charge in [0.1, 0.15) is 5.82 Å². The predicted molar refractivity (Wildman–Crippen MR) is 74.9 cm³/mol. The second-order valence-electron chi connectivity index (χ2n) is 4.48. The van der Waals surface area contributed by atoms with E-state index in [2.05, 4.69) is 0 Å². The van der Waals surface area contributed by atoms with E-state index in [-0.39, 0.29) is 16.1 Å². The zero-order valence-corrected chi connectivity index (χ0v) is 12.4. The smallest absolute Gasteiger partial charge is 0.243 e. The first-order chi connectivity index (χ1) is 8.84. The summed E-state index contributed by atoms with van der Waals surface area (Å²) < 4.78 is 40.0. The number of hydrogen-bond donors (Lipinski definition) is 1. The van der Waals surface area contributed by atoms with E-state index in [0.29, 0.717) is 13.1 Å². The summed E-state index contributed by atoms with van der Waals surface area (Å²) in [5, 5.41) is 0. The molecule has 0 amide bonds. The van der Waals surface area contributed by atoms with Crippen molar-refractivity contribution in [2.75, 3.05) is 18.8 Å². The molecule has 0 bridgehead atoms. The van der Waals surface area contributed by atoms with E-state index in [9.17, 15) is 12.8 Å². The van der Waals surface area contributed by atoms with Crippen molar-refractivity contribution in [3.05, 3.63) is 23.5 Å². The van der Waals surface area contributed by atoms with E-state index in [4.69, 9.17) is 5.73 Å². The lowest BCUT2D eigenvalue weighted by atomic mass is 10.2. The Morgan fingerprint density at radius 1 is 1.32 bits per heavy atom. The van der Waals surface area contributed by atoms with E-state index in [0.717, 1.165) is 18.9 Å². The van der Waals surface area contributed by atoms with Gasteiger partial charge in [-0.25, -0.2) is 12.8 Å². The van der Waals surface area contributed by atoms with Crippen LogP contribution in [0.5, 0.6) is 0 Å². The zero-order valence-electron chi connectivity index (χ0n) is 11.6. The fourth-order valence-corrected chi connectivity index (χ4v) is 3.62. The van der Waals surface area contributed by atoms with Crippen LogP contribution in [0.1, 0.15) is 32.3 Å². The monoisotopic (exact) mass is 288 g/mol. The lowest BCUT2D eigenvalue weighted by molar-refractivity contribution is 0.418. The quantitative estimate of drug-likeness (QED) is 0.818. The van der Waals surface area contributed by atoms with E-state index in [1.165, 1.54) is 17.3 Å². The SMILES string of the molecule is CCCCN(CC)S(=O)(=O)c1cc(N)cc(F)c1C. The number of nitrogen functional groups attached to an aromatic ring is 1. The Morgan fingerprint density at radius 3 is 2.47 bits per heavy atom. The van der Waals surface area contributed by atoms with Gasteiger partial charge in [-0.15, -0.1) is 0 Å². The van der Waals surface area contributed by atoms with Crippen LogP contribution in [0.25, 0.3) is 0 Å². The molecule has 108 valence electrons. The average Bonchev–Trinajstić information content (AvgIpc) is 2.34. The first-order valence-electron chi connectivity index (χ1n) is 6.40. The molecule has 1 aromatic carbocycles. The Labute approximate surface area is 114 Å². The molecule has 1 aromatic rings. The van der Waals surface area contributed by atoms with Crippen LogP contribution in [-0.2, 0) is 10.0 Å². The lowest BCUT2D eigenvalue weighted by Crippen LogP contribution is -2.32. The topological polar surface area (TPSA) is 63.4 Å². The van der Waals surface area contributed by atoms with Crippen LogP contribution < -0.4 is 5.73 Å². The van der Waals surface area contributed by atoms with Gasteiger partial charge in [0.15, 0.2) is 0 Å². The zero-order chi connectivity index (χ0) is 14.6. The van der Waals surface area contributed by atoms with Gasteiger partial charge in [0.05, 0.1) is 4.90 Å². The second-order valence-corrected chi connectivity index (χ2v) is 6.38. The fraction of sp³-hybridized carbons (Fsp3) is 0.538. The maximum Gasteiger partial charge on any atom is 0.243 e. The number of sulfonamides is 1. The number of halogens is 1. The second kappa shape index (κ2) is 6.34. The molecule has 19 heavy (non-hydrogen) atoms. The van der Waals surface area contributed by atoms with Gasteiger partial charge in [-0.1, -0.05) is 20.3 Å². The molecule has 0 aliphatic heterocycles. The number of nitrogens with two attached hydrogens (primary N) is 1. The van der Waals surface area contributed by atoms with Gasteiger partial charge in [0.25, 0.3) is 0 Å². The maximum absolute atomic E-state index is 13.6. The van der Waals surface area contributed by atoms with Crippen molar-refractivity contribution >= 4 is 15.7 Å². The van der Waals surface area contributed by atoms with Gasteiger partial charge in [-0.2, -0.15) is 4.31 Å². The molecular weight excluding hydrogens is 267 g/mol. The minimum Gasteiger partial charge on any atom is -0.399 e. The molecule has 6 heteroatoms. The molecule has 0 fully saturated rings. The number of unbranched alkanes of at least 4 members (excludes halogenated alkanes) is 1. The van der Waals surface area contributed by atoms with Crippen molar-refractivity contribution in [1.82, 2.24) is 4.31 Å². The van der Waals surface area contributed by atoms with E-state index in [1.54, 1.807) is 6.92 Å². The van der Waals surface area contributed by atoms with Crippen LogP contribution in [-0.4, -0.2) is 25.8 Å². The highest BCUT2D eigenvalue weighted by atomic mass is 32.2. The number of benzene rings is 1. The summed E-state index contributed by atoms with van der Waals surface area (Å²) in [5.74, 6) is -0.592. The summed E-state index contributed by atoms with van der Waals surface area (Å²) in [7, 11) is -3.69. The molecule has 0 aliphatic carbocycles. The highest BCUT2D eigenvalue weighted by Crippen LogP contribution is 2.25. The van der Waals surface area contributed by atoms with Crippen molar-refractivity contribution in [2.45, 2.75) is 38.5 Å². The molecule has 0 aliphatic rings. The Kier molecular flexibility index (Phi) is 5.31. The highest BCUT2D eigenvalue weighted by Gasteiger charge is 2.26.